The molecule has 1 fully saturated rings. The standard InChI is InChI=1S/C24H29NO7/c1-14-22(15-9-20(26-2)23(28-4)21(10-15)27-3)16-11-18-19(31-13-30-18)12-17(16)32-24(14)25-5-7-29-8-6-25/h9-12,14,22,24H,5-8,13H2,1-4H3. The first kappa shape index (κ1) is 21.0. The lowest BCUT2D eigenvalue weighted by molar-refractivity contribution is -0.0784. The molecular formula is C24H29NO7. The molecule has 3 aliphatic rings. The van der Waals surface area contributed by atoms with Crippen molar-refractivity contribution >= 4 is 0 Å². The fourth-order valence-electron chi connectivity index (χ4n) is 4.97. The number of ether oxygens (including phenoxy) is 7. The van der Waals surface area contributed by atoms with Crippen molar-refractivity contribution in [3.8, 4) is 34.5 Å². The van der Waals surface area contributed by atoms with Gasteiger partial charge in [-0.15, -0.1) is 0 Å². The van der Waals surface area contributed by atoms with Gasteiger partial charge < -0.3 is 33.2 Å². The molecule has 3 atom stereocenters. The molecular weight excluding hydrogens is 414 g/mol. The molecule has 8 heteroatoms. The van der Waals surface area contributed by atoms with Crippen molar-refractivity contribution in [2.75, 3.05) is 54.4 Å². The van der Waals surface area contributed by atoms with Crippen molar-refractivity contribution in [1.82, 2.24) is 4.90 Å². The first-order valence-corrected chi connectivity index (χ1v) is 10.9. The van der Waals surface area contributed by atoms with Gasteiger partial charge in [-0.3, -0.25) is 4.90 Å². The van der Waals surface area contributed by atoms with Gasteiger partial charge in [-0.05, 0) is 23.8 Å². The summed E-state index contributed by atoms with van der Waals surface area (Å²) >= 11 is 0. The summed E-state index contributed by atoms with van der Waals surface area (Å²) in [5.74, 6) is 4.26. The zero-order valence-electron chi connectivity index (χ0n) is 18.9. The van der Waals surface area contributed by atoms with Crippen LogP contribution < -0.4 is 28.4 Å². The van der Waals surface area contributed by atoms with E-state index in [0.29, 0.717) is 36.2 Å². The van der Waals surface area contributed by atoms with Gasteiger partial charge in [0.2, 0.25) is 12.5 Å². The Morgan fingerprint density at radius 1 is 0.844 bits per heavy atom. The molecule has 0 aliphatic carbocycles. The van der Waals surface area contributed by atoms with E-state index in [1.165, 1.54) is 0 Å². The zero-order chi connectivity index (χ0) is 22.2. The number of morpholine rings is 1. The van der Waals surface area contributed by atoms with Crippen LogP contribution >= 0.6 is 0 Å². The minimum absolute atomic E-state index is 0.0230. The van der Waals surface area contributed by atoms with E-state index >= 15 is 0 Å². The van der Waals surface area contributed by atoms with E-state index in [9.17, 15) is 0 Å². The minimum atomic E-state index is -0.101. The Labute approximate surface area is 187 Å². The molecule has 0 radical (unpaired) electrons. The van der Waals surface area contributed by atoms with Gasteiger partial charge in [0.15, 0.2) is 29.2 Å². The molecule has 172 valence electrons. The molecule has 0 aromatic heterocycles. The minimum Gasteiger partial charge on any atom is -0.493 e. The van der Waals surface area contributed by atoms with Crippen molar-refractivity contribution in [1.29, 1.82) is 0 Å². The second-order valence-corrected chi connectivity index (χ2v) is 8.20. The quantitative estimate of drug-likeness (QED) is 0.698. The highest BCUT2D eigenvalue weighted by Gasteiger charge is 2.41. The van der Waals surface area contributed by atoms with E-state index in [1.54, 1.807) is 21.3 Å². The van der Waals surface area contributed by atoms with Gasteiger partial charge >= 0.3 is 0 Å². The third kappa shape index (κ3) is 3.47. The van der Waals surface area contributed by atoms with Crippen LogP contribution in [0, 0.1) is 5.92 Å². The number of hydrogen-bond acceptors (Lipinski definition) is 8. The summed E-state index contributed by atoms with van der Waals surface area (Å²) in [5, 5.41) is 0. The predicted octanol–water partition coefficient (Wildman–Crippen LogP) is 3.26. The van der Waals surface area contributed by atoms with Gasteiger partial charge in [-0.2, -0.15) is 0 Å². The van der Waals surface area contributed by atoms with Gasteiger partial charge in [0.05, 0.1) is 34.5 Å². The van der Waals surface area contributed by atoms with Crippen LogP contribution in [0.15, 0.2) is 24.3 Å². The molecule has 32 heavy (non-hydrogen) atoms. The smallest absolute Gasteiger partial charge is 0.231 e. The lowest BCUT2D eigenvalue weighted by Crippen LogP contribution is -2.52. The highest BCUT2D eigenvalue weighted by Crippen LogP contribution is 2.51. The Balaban J connectivity index is 1.64. The largest absolute Gasteiger partial charge is 0.493 e. The summed E-state index contributed by atoms with van der Waals surface area (Å²) in [4.78, 5) is 2.35. The fourth-order valence-corrected chi connectivity index (χ4v) is 4.97. The van der Waals surface area contributed by atoms with Crippen molar-refractivity contribution in [3.63, 3.8) is 0 Å². The van der Waals surface area contributed by atoms with Crippen LogP contribution in [-0.2, 0) is 4.74 Å². The number of benzene rings is 2. The van der Waals surface area contributed by atoms with E-state index < -0.39 is 0 Å². The summed E-state index contributed by atoms with van der Waals surface area (Å²) in [5.41, 5.74) is 2.12. The van der Waals surface area contributed by atoms with Crippen LogP contribution in [0.2, 0.25) is 0 Å². The molecule has 2 aromatic rings. The Bertz CT molecular complexity index is 964. The molecule has 0 saturated carbocycles. The Morgan fingerprint density at radius 2 is 1.50 bits per heavy atom. The lowest BCUT2D eigenvalue weighted by Gasteiger charge is -2.44. The van der Waals surface area contributed by atoms with Crippen LogP contribution in [0.25, 0.3) is 0 Å². The first-order chi connectivity index (χ1) is 15.6. The van der Waals surface area contributed by atoms with Crippen LogP contribution in [-0.4, -0.2) is 65.6 Å². The highest BCUT2D eigenvalue weighted by molar-refractivity contribution is 5.60. The molecule has 3 aliphatic heterocycles. The van der Waals surface area contributed by atoms with Gasteiger partial charge in [-0.1, -0.05) is 6.92 Å². The molecule has 2 aromatic carbocycles. The van der Waals surface area contributed by atoms with Crippen LogP contribution in [0.4, 0.5) is 0 Å². The molecule has 5 rings (SSSR count). The van der Waals surface area contributed by atoms with Crippen molar-refractivity contribution in [2.24, 2.45) is 5.92 Å². The maximum atomic E-state index is 6.57. The average Bonchev–Trinajstić information content (AvgIpc) is 3.29. The number of methoxy groups -OCH3 is 3. The molecule has 3 heterocycles. The van der Waals surface area contributed by atoms with Gasteiger partial charge in [0, 0.05) is 36.6 Å². The predicted molar refractivity (Wildman–Crippen MR) is 116 cm³/mol. The van der Waals surface area contributed by atoms with Gasteiger partial charge in [0.1, 0.15) is 5.75 Å². The molecule has 8 nitrogen and oxygen atoms in total. The Kier molecular flexibility index (Phi) is 5.65. The topological polar surface area (TPSA) is 67.9 Å². The zero-order valence-corrected chi connectivity index (χ0v) is 18.9. The summed E-state index contributed by atoms with van der Waals surface area (Å²) < 4.78 is 40.3. The number of hydrogen-bond donors (Lipinski definition) is 0. The monoisotopic (exact) mass is 443 g/mol. The maximum Gasteiger partial charge on any atom is 0.231 e. The van der Waals surface area contributed by atoms with Crippen LogP contribution in [0.1, 0.15) is 24.0 Å². The van der Waals surface area contributed by atoms with Gasteiger partial charge in [0.25, 0.3) is 0 Å². The van der Waals surface area contributed by atoms with E-state index in [2.05, 4.69) is 11.8 Å². The van der Waals surface area contributed by atoms with Gasteiger partial charge in [-0.25, -0.2) is 0 Å². The first-order valence-electron chi connectivity index (χ1n) is 10.9. The highest BCUT2D eigenvalue weighted by atomic mass is 16.7. The second kappa shape index (κ2) is 8.60. The van der Waals surface area contributed by atoms with Crippen LogP contribution in [0.5, 0.6) is 34.5 Å². The summed E-state index contributed by atoms with van der Waals surface area (Å²) in [6.07, 6.45) is -0.101. The molecule has 0 bridgehead atoms. The summed E-state index contributed by atoms with van der Waals surface area (Å²) in [6.45, 7) is 5.51. The van der Waals surface area contributed by atoms with E-state index in [1.807, 2.05) is 24.3 Å². The van der Waals surface area contributed by atoms with E-state index in [4.69, 9.17) is 33.2 Å². The Morgan fingerprint density at radius 3 is 2.12 bits per heavy atom. The molecule has 3 unspecified atom stereocenters. The molecule has 0 spiro atoms. The molecule has 0 amide bonds. The van der Waals surface area contributed by atoms with Crippen molar-refractivity contribution < 1.29 is 33.2 Å². The lowest BCUT2D eigenvalue weighted by atomic mass is 9.77. The Hall–Kier alpha value is -2.84. The summed E-state index contributed by atoms with van der Waals surface area (Å²) in [6, 6.07) is 8.04. The van der Waals surface area contributed by atoms with E-state index in [-0.39, 0.29) is 24.9 Å². The SMILES string of the molecule is COc1cc(C2c3cc4c(cc3OC(N3CCOCC3)C2C)OCO4)cc(OC)c1OC. The third-order valence-corrected chi connectivity index (χ3v) is 6.52. The summed E-state index contributed by atoms with van der Waals surface area (Å²) in [7, 11) is 4.88. The maximum absolute atomic E-state index is 6.57. The normalized spacial score (nSPS) is 24.4. The van der Waals surface area contributed by atoms with E-state index in [0.717, 1.165) is 35.7 Å². The second-order valence-electron chi connectivity index (χ2n) is 8.20. The van der Waals surface area contributed by atoms with Crippen molar-refractivity contribution in [3.05, 3.63) is 35.4 Å². The number of rotatable bonds is 5. The number of fused-ring (bicyclic) bond motifs is 2. The van der Waals surface area contributed by atoms with Crippen molar-refractivity contribution in [2.45, 2.75) is 19.1 Å². The molecule has 1 saturated heterocycles. The fraction of sp³-hybridized carbons (Fsp3) is 0.500. The third-order valence-electron chi connectivity index (χ3n) is 6.52. The number of nitrogens with zero attached hydrogens (tertiary/aromatic N) is 1. The van der Waals surface area contributed by atoms with Crippen LogP contribution in [0.3, 0.4) is 0 Å². The molecule has 0 N–H and O–H groups in total. The average molecular weight is 443 g/mol.